The molecule has 54 heavy (non-hydrogen) atoms. The number of rotatable bonds is 3. The standard InChI is InChI=1S/C49H37N.C4H8/c1-48(2)43-10-7-23-50-47(43)42-22-19-39(29-46(42)48)38-18-21-41-40-20-17-37(27-44(40)49(3,4)45(41)28-38)36-16-15-34-25-33(13-14-35(34)26-36)32-12-11-30-8-5-6-9-31(30)24-32;1-3-4-2/h5-29H,1-4H3;3-4H,1-2H3/b;4-3-. The average Bonchev–Trinajstić information content (AvgIpc) is 3.58. The Morgan fingerprint density at radius 1 is 0.370 bits per heavy atom. The molecule has 1 nitrogen and oxygen atoms in total. The lowest BCUT2D eigenvalue weighted by atomic mass is 9.80. The highest BCUT2D eigenvalue weighted by Gasteiger charge is 2.38. The highest BCUT2D eigenvalue weighted by molar-refractivity contribution is 5.94. The predicted molar refractivity (Wildman–Crippen MR) is 231 cm³/mol. The molecule has 0 atom stereocenters. The molecular weight excluding hydrogens is 651 g/mol. The largest absolute Gasteiger partial charge is 0.256 e. The molecule has 0 aliphatic heterocycles. The molecule has 2 aliphatic carbocycles. The summed E-state index contributed by atoms with van der Waals surface area (Å²) in [6.07, 6.45) is 5.91. The lowest BCUT2D eigenvalue weighted by Gasteiger charge is -2.23. The number of hydrogen-bond donors (Lipinski definition) is 0. The highest BCUT2D eigenvalue weighted by atomic mass is 14.7. The van der Waals surface area contributed by atoms with Crippen LogP contribution in [0.15, 0.2) is 164 Å². The maximum Gasteiger partial charge on any atom is 0.0745 e. The fourth-order valence-corrected chi connectivity index (χ4v) is 8.79. The van der Waals surface area contributed by atoms with E-state index in [-0.39, 0.29) is 10.8 Å². The molecule has 1 aromatic heterocycles. The third-order valence-corrected chi connectivity index (χ3v) is 12.0. The van der Waals surface area contributed by atoms with Gasteiger partial charge in [-0.15, -0.1) is 0 Å². The summed E-state index contributed by atoms with van der Waals surface area (Å²) in [6, 6.07) is 54.5. The minimum Gasteiger partial charge on any atom is -0.256 e. The molecular formula is C53H45N. The summed E-state index contributed by atoms with van der Waals surface area (Å²) < 4.78 is 0. The van der Waals surface area contributed by atoms with Crippen LogP contribution in [0.3, 0.4) is 0 Å². The molecule has 0 unspecified atom stereocenters. The lowest BCUT2D eigenvalue weighted by Crippen LogP contribution is -2.15. The van der Waals surface area contributed by atoms with Gasteiger partial charge >= 0.3 is 0 Å². The summed E-state index contributed by atoms with van der Waals surface area (Å²) in [6.45, 7) is 13.4. The molecule has 7 aromatic carbocycles. The first kappa shape index (κ1) is 33.8. The number of fused-ring (bicyclic) bond motifs is 8. The van der Waals surface area contributed by atoms with E-state index in [1.807, 2.05) is 32.2 Å². The molecule has 0 amide bonds. The fraction of sp³-hybridized carbons (Fsp3) is 0.151. The zero-order valence-corrected chi connectivity index (χ0v) is 32.0. The minimum absolute atomic E-state index is 0.0696. The SMILES string of the molecule is C/C=C\C.CC1(C)c2cc(-c3ccc4c(c3)C(C)(C)c3cccnc3-4)ccc2-c2ccc(-c3ccc4cc(-c5ccc6ccccc6c5)ccc4c3)cc21. The van der Waals surface area contributed by atoms with E-state index < -0.39 is 0 Å². The van der Waals surface area contributed by atoms with Crippen molar-refractivity contribution in [2.75, 3.05) is 0 Å². The van der Waals surface area contributed by atoms with Crippen molar-refractivity contribution in [1.82, 2.24) is 4.98 Å². The second-order valence-electron chi connectivity index (χ2n) is 15.9. The molecule has 0 bridgehead atoms. The lowest BCUT2D eigenvalue weighted by molar-refractivity contribution is 0.658. The van der Waals surface area contributed by atoms with E-state index in [4.69, 9.17) is 4.98 Å². The maximum absolute atomic E-state index is 4.75. The third kappa shape index (κ3) is 5.41. The second-order valence-corrected chi connectivity index (χ2v) is 15.9. The molecule has 2 aliphatic rings. The van der Waals surface area contributed by atoms with Crippen molar-refractivity contribution in [2.24, 2.45) is 0 Å². The average molecular weight is 696 g/mol. The number of hydrogen-bond acceptors (Lipinski definition) is 1. The van der Waals surface area contributed by atoms with Crippen LogP contribution in [0.2, 0.25) is 0 Å². The van der Waals surface area contributed by atoms with Crippen molar-refractivity contribution in [3.63, 3.8) is 0 Å². The van der Waals surface area contributed by atoms with Gasteiger partial charge in [0.05, 0.1) is 5.69 Å². The first-order chi connectivity index (χ1) is 26.2. The van der Waals surface area contributed by atoms with Crippen LogP contribution in [-0.4, -0.2) is 4.98 Å². The Balaban J connectivity index is 0.000000918. The monoisotopic (exact) mass is 695 g/mol. The molecule has 10 rings (SSSR count). The quantitative estimate of drug-likeness (QED) is 0.168. The molecule has 1 heteroatoms. The van der Waals surface area contributed by atoms with Gasteiger partial charge in [-0.25, -0.2) is 0 Å². The van der Waals surface area contributed by atoms with Gasteiger partial charge in [-0.2, -0.15) is 0 Å². The van der Waals surface area contributed by atoms with Gasteiger partial charge in [-0.3, -0.25) is 4.98 Å². The molecule has 262 valence electrons. The van der Waals surface area contributed by atoms with Crippen molar-refractivity contribution in [3.05, 3.63) is 186 Å². The molecule has 0 saturated heterocycles. The van der Waals surface area contributed by atoms with Gasteiger partial charge in [-0.1, -0.05) is 143 Å². The van der Waals surface area contributed by atoms with Crippen LogP contribution < -0.4 is 0 Å². The summed E-state index contributed by atoms with van der Waals surface area (Å²) in [5, 5.41) is 5.07. The fourth-order valence-electron chi connectivity index (χ4n) is 8.79. The Hall–Kier alpha value is -6.05. The zero-order valence-electron chi connectivity index (χ0n) is 32.0. The summed E-state index contributed by atoms with van der Waals surface area (Å²) in [5.74, 6) is 0. The van der Waals surface area contributed by atoms with E-state index in [2.05, 4.69) is 173 Å². The van der Waals surface area contributed by atoms with E-state index in [0.29, 0.717) is 0 Å². The smallest absolute Gasteiger partial charge is 0.0745 e. The van der Waals surface area contributed by atoms with Gasteiger partial charge in [0.1, 0.15) is 0 Å². The number of pyridine rings is 1. The molecule has 0 fully saturated rings. The summed E-state index contributed by atoms with van der Waals surface area (Å²) in [5.41, 5.74) is 17.9. The maximum atomic E-state index is 4.75. The summed E-state index contributed by atoms with van der Waals surface area (Å²) >= 11 is 0. The van der Waals surface area contributed by atoms with Gasteiger partial charge in [0, 0.05) is 22.6 Å². The third-order valence-electron chi connectivity index (χ3n) is 12.0. The van der Waals surface area contributed by atoms with Crippen LogP contribution in [0.4, 0.5) is 0 Å². The van der Waals surface area contributed by atoms with Gasteiger partial charge in [0.25, 0.3) is 0 Å². The Morgan fingerprint density at radius 2 is 0.759 bits per heavy atom. The van der Waals surface area contributed by atoms with Gasteiger partial charge in [0.15, 0.2) is 0 Å². The van der Waals surface area contributed by atoms with Crippen LogP contribution in [0, 0.1) is 0 Å². The van der Waals surface area contributed by atoms with Crippen LogP contribution >= 0.6 is 0 Å². The molecule has 0 spiro atoms. The van der Waals surface area contributed by atoms with Crippen LogP contribution in [0.5, 0.6) is 0 Å². The minimum atomic E-state index is -0.113. The normalized spacial score (nSPS) is 14.3. The molecule has 0 radical (unpaired) electrons. The van der Waals surface area contributed by atoms with Gasteiger partial charge < -0.3 is 0 Å². The predicted octanol–water partition coefficient (Wildman–Crippen LogP) is 14.6. The summed E-state index contributed by atoms with van der Waals surface area (Å²) in [4.78, 5) is 4.75. The second kappa shape index (κ2) is 12.8. The van der Waals surface area contributed by atoms with E-state index >= 15 is 0 Å². The molecule has 8 aromatic rings. The number of nitrogens with zero attached hydrogens (tertiary/aromatic N) is 1. The Bertz CT molecular complexity index is 2790. The zero-order chi connectivity index (χ0) is 37.2. The Labute approximate surface area is 319 Å². The van der Waals surface area contributed by atoms with Gasteiger partial charge in [-0.05, 0) is 145 Å². The number of benzene rings is 7. The van der Waals surface area contributed by atoms with Crippen LogP contribution in [-0.2, 0) is 10.8 Å². The van der Waals surface area contributed by atoms with Gasteiger partial charge in [0.2, 0.25) is 0 Å². The topological polar surface area (TPSA) is 12.9 Å². The van der Waals surface area contributed by atoms with E-state index in [1.165, 1.54) is 93.9 Å². The van der Waals surface area contributed by atoms with Crippen LogP contribution in [0.1, 0.15) is 63.8 Å². The van der Waals surface area contributed by atoms with Crippen molar-refractivity contribution >= 4 is 21.5 Å². The highest BCUT2D eigenvalue weighted by Crippen LogP contribution is 2.52. The van der Waals surface area contributed by atoms with Crippen molar-refractivity contribution in [3.8, 4) is 55.8 Å². The van der Waals surface area contributed by atoms with E-state index in [0.717, 1.165) is 5.69 Å². The first-order valence-corrected chi connectivity index (χ1v) is 19.2. The van der Waals surface area contributed by atoms with Crippen LogP contribution in [0.25, 0.3) is 77.3 Å². The Kier molecular flexibility index (Phi) is 8.01. The van der Waals surface area contributed by atoms with Crippen molar-refractivity contribution < 1.29 is 0 Å². The van der Waals surface area contributed by atoms with E-state index in [9.17, 15) is 0 Å². The van der Waals surface area contributed by atoms with Crippen molar-refractivity contribution in [2.45, 2.75) is 52.4 Å². The number of aromatic nitrogens is 1. The van der Waals surface area contributed by atoms with E-state index in [1.54, 1.807) is 0 Å². The Morgan fingerprint density at radius 3 is 1.28 bits per heavy atom. The molecule has 1 heterocycles. The first-order valence-electron chi connectivity index (χ1n) is 19.2. The number of allylic oxidation sites excluding steroid dienone is 2. The molecule has 0 saturated carbocycles. The molecule has 0 N–H and O–H groups in total. The summed E-state index contributed by atoms with van der Waals surface area (Å²) in [7, 11) is 0. The van der Waals surface area contributed by atoms with Crippen molar-refractivity contribution in [1.29, 1.82) is 0 Å².